The number of rotatable bonds is 5. The first-order valence-corrected chi connectivity index (χ1v) is 12.3. The number of ether oxygens (including phenoxy) is 2. The summed E-state index contributed by atoms with van der Waals surface area (Å²) < 4.78 is 74.9. The molecule has 0 bridgehead atoms. The van der Waals surface area contributed by atoms with E-state index in [9.17, 15) is 26.3 Å². The molecule has 9 nitrogen and oxygen atoms in total. The lowest BCUT2D eigenvalue weighted by Gasteiger charge is -2.59. The van der Waals surface area contributed by atoms with Crippen molar-refractivity contribution in [2.75, 3.05) is 53.0 Å². The van der Waals surface area contributed by atoms with Gasteiger partial charge in [-0.25, -0.2) is 14.6 Å². The van der Waals surface area contributed by atoms with Crippen LogP contribution >= 0.6 is 0 Å². The molecule has 1 spiro atoms. The number of pyridine rings is 1. The monoisotopic (exact) mass is 573 g/mol. The van der Waals surface area contributed by atoms with Gasteiger partial charge in [-0.2, -0.15) is 26.3 Å². The SMILES string of the molecule is CN1CCC(COc2ccccn2)CC12CN(CC1CCOCC1)C2.O=C(O)C(F)(F)F.O=C(O)C(F)(F)F. The molecule has 39 heavy (non-hydrogen) atoms. The van der Waals surface area contributed by atoms with Gasteiger partial charge in [-0.05, 0) is 57.2 Å². The number of carboxylic acids is 2. The number of carboxylic acid groups (broad SMARTS) is 2. The van der Waals surface area contributed by atoms with Crippen molar-refractivity contribution >= 4 is 11.9 Å². The Morgan fingerprint density at radius 3 is 2.08 bits per heavy atom. The van der Waals surface area contributed by atoms with Crippen LogP contribution in [0.25, 0.3) is 0 Å². The largest absolute Gasteiger partial charge is 0.490 e. The zero-order chi connectivity index (χ0) is 29.3. The van der Waals surface area contributed by atoms with Gasteiger partial charge in [-0.3, -0.25) is 9.80 Å². The number of alkyl halides is 6. The third-order valence-corrected chi connectivity index (χ3v) is 6.83. The lowest BCUT2D eigenvalue weighted by molar-refractivity contribution is -0.193. The fraction of sp³-hybridized carbons (Fsp3) is 0.708. The molecule has 3 aliphatic heterocycles. The van der Waals surface area contributed by atoms with Crippen LogP contribution in [-0.4, -0.2) is 108 Å². The average Bonchev–Trinajstić information content (AvgIpc) is 2.84. The molecule has 3 aliphatic rings. The van der Waals surface area contributed by atoms with Crippen molar-refractivity contribution in [1.82, 2.24) is 14.8 Å². The summed E-state index contributed by atoms with van der Waals surface area (Å²) >= 11 is 0. The summed E-state index contributed by atoms with van der Waals surface area (Å²) in [6.07, 6.45) is -3.42. The van der Waals surface area contributed by atoms with E-state index in [4.69, 9.17) is 29.3 Å². The van der Waals surface area contributed by atoms with Gasteiger partial charge in [0.15, 0.2) is 0 Å². The summed E-state index contributed by atoms with van der Waals surface area (Å²) in [4.78, 5) is 27.3. The summed E-state index contributed by atoms with van der Waals surface area (Å²) in [6, 6.07) is 5.86. The molecule has 15 heteroatoms. The Morgan fingerprint density at radius 2 is 1.59 bits per heavy atom. The number of hydrogen-bond acceptors (Lipinski definition) is 7. The van der Waals surface area contributed by atoms with E-state index in [0.29, 0.717) is 11.5 Å². The van der Waals surface area contributed by atoms with Crippen LogP contribution in [0, 0.1) is 11.8 Å². The molecule has 1 aromatic heterocycles. The molecule has 4 heterocycles. The van der Waals surface area contributed by atoms with Crippen molar-refractivity contribution in [1.29, 1.82) is 0 Å². The summed E-state index contributed by atoms with van der Waals surface area (Å²) in [5.41, 5.74) is 0.377. The summed E-state index contributed by atoms with van der Waals surface area (Å²) in [6.45, 7) is 7.59. The molecule has 0 aromatic carbocycles. The van der Waals surface area contributed by atoms with Gasteiger partial charge in [-0.1, -0.05) is 6.07 Å². The summed E-state index contributed by atoms with van der Waals surface area (Å²) in [5.74, 6) is -3.28. The van der Waals surface area contributed by atoms with Gasteiger partial charge in [0.2, 0.25) is 5.88 Å². The number of likely N-dealkylation sites (N-methyl/N-ethyl adjacent to an activating group) is 1. The van der Waals surface area contributed by atoms with Gasteiger partial charge in [0.1, 0.15) is 0 Å². The Bertz CT molecular complexity index is 882. The maximum absolute atomic E-state index is 10.6. The molecule has 4 rings (SSSR count). The van der Waals surface area contributed by atoms with Crippen molar-refractivity contribution in [3.63, 3.8) is 0 Å². The van der Waals surface area contributed by atoms with E-state index < -0.39 is 24.3 Å². The van der Waals surface area contributed by atoms with Crippen LogP contribution in [0.2, 0.25) is 0 Å². The fourth-order valence-corrected chi connectivity index (χ4v) is 4.77. The van der Waals surface area contributed by atoms with E-state index in [0.717, 1.165) is 31.6 Å². The number of nitrogens with zero attached hydrogens (tertiary/aromatic N) is 3. The van der Waals surface area contributed by atoms with Gasteiger partial charge >= 0.3 is 24.3 Å². The maximum Gasteiger partial charge on any atom is 0.490 e. The van der Waals surface area contributed by atoms with E-state index in [1.54, 1.807) is 6.20 Å². The molecule has 3 fully saturated rings. The van der Waals surface area contributed by atoms with Crippen molar-refractivity contribution in [3.05, 3.63) is 24.4 Å². The van der Waals surface area contributed by atoms with E-state index in [1.807, 2.05) is 18.2 Å². The highest BCUT2D eigenvalue weighted by Crippen LogP contribution is 2.39. The van der Waals surface area contributed by atoms with Crippen LogP contribution in [0.1, 0.15) is 25.7 Å². The number of aliphatic carboxylic acids is 2. The second-order valence-corrected chi connectivity index (χ2v) is 9.81. The molecule has 0 radical (unpaired) electrons. The van der Waals surface area contributed by atoms with Gasteiger partial charge in [0, 0.05) is 50.7 Å². The number of carbonyl (C=O) groups is 2. The Balaban J connectivity index is 0.000000317. The highest BCUT2D eigenvalue weighted by atomic mass is 19.4. The molecule has 3 saturated heterocycles. The molecule has 0 amide bonds. The molecule has 0 aliphatic carbocycles. The Kier molecular flexibility index (Phi) is 11.8. The quantitative estimate of drug-likeness (QED) is 0.511. The third kappa shape index (κ3) is 10.8. The Morgan fingerprint density at radius 1 is 1.03 bits per heavy atom. The first kappa shape index (κ1) is 32.6. The minimum Gasteiger partial charge on any atom is -0.477 e. The minimum atomic E-state index is -5.08. The molecule has 2 N–H and O–H groups in total. The van der Waals surface area contributed by atoms with Crippen LogP contribution in [0.4, 0.5) is 26.3 Å². The van der Waals surface area contributed by atoms with Crippen LogP contribution in [0.5, 0.6) is 5.88 Å². The van der Waals surface area contributed by atoms with E-state index in [2.05, 4.69) is 21.8 Å². The predicted octanol–water partition coefficient (Wildman–Crippen LogP) is 3.55. The van der Waals surface area contributed by atoms with Crippen LogP contribution in [0.3, 0.4) is 0 Å². The number of halogens is 6. The van der Waals surface area contributed by atoms with Gasteiger partial charge in [-0.15, -0.1) is 0 Å². The van der Waals surface area contributed by atoms with Crippen molar-refractivity contribution in [3.8, 4) is 5.88 Å². The van der Waals surface area contributed by atoms with Gasteiger partial charge in [0.05, 0.1) is 6.61 Å². The van der Waals surface area contributed by atoms with E-state index >= 15 is 0 Å². The van der Waals surface area contributed by atoms with Crippen molar-refractivity contribution < 1.29 is 55.6 Å². The number of piperidine rings is 1. The Hall–Kier alpha value is -2.65. The van der Waals surface area contributed by atoms with Crippen LogP contribution in [-0.2, 0) is 14.3 Å². The highest BCUT2D eigenvalue weighted by molar-refractivity contribution is 5.73. The van der Waals surface area contributed by atoms with Crippen molar-refractivity contribution in [2.45, 2.75) is 43.6 Å². The van der Waals surface area contributed by atoms with Gasteiger partial charge in [0.25, 0.3) is 0 Å². The van der Waals surface area contributed by atoms with Crippen LogP contribution < -0.4 is 4.74 Å². The topological polar surface area (TPSA) is 112 Å². The minimum absolute atomic E-state index is 0.377. The zero-order valence-corrected chi connectivity index (χ0v) is 21.4. The summed E-state index contributed by atoms with van der Waals surface area (Å²) in [7, 11) is 2.31. The standard InChI is InChI=1S/C20H31N3O2.2C2HF3O2/c1-22-9-5-18(14-25-19-4-2-3-8-21-19)12-20(22)15-23(16-20)13-17-6-10-24-11-7-17;2*3-2(4,5)1(6)7/h2-4,8,17-18H,5-7,9-16H2,1H3;2*(H,6,7). The number of likely N-dealkylation sites (tertiary alicyclic amines) is 2. The molecule has 0 saturated carbocycles. The van der Waals surface area contributed by atoms with Crippen LogP contribution in [0.15, 0.2) is 24.4 Å². The zero-order valence-electron chi connectivity index (χ0n) is 21.4. The maximum atomic E-state index is 10.6. The second kappa shape index (κ2) is 14.1. The molecular weight excluding hydrogens is 540 g/mol. The van der Waals surface area contributed by atoms with Gasteiger partial charge < -0.3 is 19.7 Å². The van der Waals surface area contributed by atoms with Crippen molar-refractivity contribution in [2.24, 2.45) is 11.8 Å². The predicted molar refractivity (Wildman–Crippen MR) is 125 cm³/mol. The average molecular weight is 574 g/mol. The lowest BCUT2D eigenvalue weighted by atomic mass is 9.75. The number of hydrogen-bond donors (Lipinski definition) is 2. The smallest absolute Gasteiger partial charge is 0.477 e. The van der Waals surface area contributed by atoms with E-state index in [1.165, 1.54) is 51.9 Å². The Labute approximate surface area is 221 Å². The lowest BCUT2D eigenvalue weighted by Crippen LogP contribution is -2.72. The number of aromatic nitrogens is 1. The molecule has 1 aromatic rings. The molecule has 1 atom stereocenters. The first-order valence-electron chi connectivity index (χ1n) is 12.3. The van der Waals surface area contributed by atoms with E-state index in [-0.39, 0.29) is 0 Å². The molecule has 222 valence electrons. The highest BCUT2D eigenvalue weighted by Gasteiger charge is 2.49. The first-order chi connectivity index (χ1) is 18.1. The third-order valence-electron chi connectivity index (χ3n) is 6.83. The summed E-state index contributed by atoms with van der Waals surface area (Å²) in [5, 5.41) is 14.2. The fourth-order valence-electron chi connectivity index (χ4n) is 4.77. The molecular formula is C24H33F6N3O6. The second-order valence-electron chi connectivity index (χ2n) is 9.81. The molecule has 1 unspecified atom stereocenters. The normalized spacial score (nSPS) is 22.0.